The zero-order valence-corrected chi connectivity index (χ0v) is 16.7. The third-order valence-corrected chi connectivity index (χ3v) is 4.56. The molecule has 0 unspecified atom stereocenters. The van der Waals surface area contributed by atoms with Crippen molar-refractivity contribution < 1.29 is 4.79 Å². The van der Waals surface area contributed by atoms with Gasteiger partial charge in [-0.05, 0) is 67.5 Å². The molecule has 0 aliphatic rings. The minimum absolute atomic E-state index is 0.0946. The number of urea groups is 1. The van der Waals surface area contributed by atoms with E-state index in [0.29, 0.717) is 6.54 Å². The molecule has 0 fully saturated rings. The van der Waals surface area contributed by atoms with Crippen molar-refractivity contribution in [3.05, 3.63) is 52.8 Å². The Balaban J connectivity index is 1.86. The highest BCUT2D eigenvalue weighted by atomic mass is 16.2. The number of anilines is 2. The van der Waals surface area contributed by atoms with E-state index in [4.69, 9.17) is 0 Å². The van der Waals surface area contributed by atoms with Crippen LogP contribution in [0.5, 0.6) is 0 Å². The molecule has 0 saturated heterocycles. The van der Waals surface area contributed by atoms with Crippen LogP contribution in [0.3, 0.4) is 0 Å². The van der Waals surface area contributed by atoms with Crippen LogP contribution in [-0.2, 0) is 0 Å². The van der Waals surface area contributed by atoms with Crippen LogP contribution in [0.2, 0.25) is 0 Å². The molecule has 0 radical (unpaired) electrons. The van der Waals surface area contributed by atoms with Gasteiger partial charge in [0.25, 0.3) is 0 Å². The number of pyridine rings is 1. The van der Waals surface area contributed by atoms with Crippen LogP contribution >= 0.6 is 0 Å². The van der Waals surface area contributed by atoms with E-state index in [-0.39, 0.29) is 11.4 Å². The topological polar surface area (TPSA) is 66.1 Å². The normalized spacial score (nSPS) is 11.2. The summed E-state index contributed by atoms with van der Waals surface area (Å²) in [5.41, 5.74) is 6.46. The maximum atomic E-state index is 12.2. The van der Waals surface area contributed by atoms with Gasteiger partial charge in [0.05, 0.1) is 0 Å². The van der Waals surface area contributed by atoms with E-state index in [1.807, 2.05) is 51.4 Å². The number of amides is 2. The van der Waals surface area contributed by atoms with Gasteiger partial charge in [-0.2, -0.15) is 0 Å². The molecule has 0 spiro atoms. The molecule has 0 atom stereocenters. The highest BCUT2D eigenvalue weighted by Crippen LogP contribution is 2.21. The second kappa shape index (κ2) is 8.21. The molecule has 3 N–H and O–H groups in total. The van der Waals surface area contributed by atoms with E-state index >= 15 is 0 Å². The zero-order chi connectivity index (χ0) is 19.3. The summed E-state index contributed by atoms with van der Waals surface area (Å²) < 4.78 is 0. The van der Waals surface area contributed by atoms with E-state index < -0.39 is 0 Å². The van der Waals surface area contributed by atoms with Crippen LogP contribution in [-0.4, -0.2) is 24.1 Å². The van der Waals surface area contributed by atoms with Crippen molar-refractivity contribution >= 4 is 17.4 Å². The summed E-state index contributed by atoms with van der Waals surface area (Å²) in [5.74, 6) is 0. The molecule has 0 bridgehead atoms. The van der Waals surface area contributed by atoms with Crippen LogP contribution in [0.15, 0.2) is 30.6 Å². The predicted molar refractivity (Wildman–Crippen MR) is 109 cm³/mol. The van der Waals surface area contributed by atoms with E-state index in [1.165, 1.54) is 5.56 Å². The van der Waals surface area contributed by atoms with Crippen molar-refractivity contribution in [2.45, 2.75) is 41.5 Å². The van der Waals surface area contributed by atoms with Gasteiger partial charge in [0.1, 0.15) is 0 Å². The molecule has 5 heteroatoms. The fourth-order valence-electron chi connectivity index (χ4n) is 2.68. The van der Waals surface area contributed by atoms with Crippen molar-refractivity contribution in [1.82, 2.24) is 10.3 Å². The van der Waals surface area contributed by atoms with Crippen LogP contribution < -0.4 is 16.0 Å². The Morgan fingerprint density at radius 2 is 1.62 bits per heavy atom. The molecule has 0 aliphatic heterocycles. The molecule has 26 heavy (non-hydrogen) atoms. The highest BCUT2D eigenvalue weighted by Gasteiger charge is 2.19. The molecular formula is C21H30N4O. The Bertz CT molecular complexity index is 763. The molecule has 2 rings (SSSR count). The lowest BCUT2D eigenvalue weighted by Crippen LogP contribution is -2.40. The lowest BCUT2D eigenvalue weighted by molar-refractivity contribution is 0.246. The van der Waals surface area contributed by atoms with Gasteiger partial charge in [-0.1, -0.05) is 19.9 Å². The molecule has 2 amide bonds. The Kier molecular flexibility index (Phi) is 6.24. The standard InChI is InChI=1S/C21H30N4O/c1-14-7-8-18(9-15(14)2)25-20(26)24-13-21(5,6)12-23-19-16(3)10-22-11-17(19)4/h7-11H,12-13H2,1-6H3,(H,22,23)(H2,24,25,26). The van der Waals surface area contributed by atoms with Gasteiger partial charge in [-0.25, -0.2) is 4.79 Å². The largest absolute Gasteiger partial charge is 0.384 e. The van der Waals surface area contributed by atoms with Gasteiger partial charge < -0.3 is 16.0 Å². The number of nitrogens with zero attached hydrogens (tertiary/aromatic N) is 1. The number of aromatic nitrogens is 1. The molecule has 1 aromatic carbocycles. The SMILES string of the molecule is Cc1ccc(NC(=O)NCC(C)(C)CNc2c(C)cncc2C)cc1C. The first kappa shape index (κ1) is 19.8. The molecular weight excluding hydrogens is 324 g/mol. The number of hydrogen-bond acceptors (Lipinski definition) is 3. The summed E-state index contributed by atoms with van der Waals surface area (Å²) >= 11 is 0. The molecule has 5 nitrogen and oxygen atoms in total. The van der Waals surface area contributed by atoms with Crippen LogP contribution in [0.25, 0.3) is 0 Å². The number of rotatable bonds is 6. The molecule has 140 valence electrons. The van der Waals surface area contributed by atoms with E-state index in [9.17, 15) is 4.79 Å². The average Bonchev–Trinajstić information content (AvgIpc) is 2.56. The second-order valence-electron chi connectivity index (χ2n) is 7.77. The lowest BCUT2D eigenvalue weighted by atomic mass is 9.93. The quantitative estimate of drug-likeness (QED) is 0.711. The van der Waals surface area contributed by atoms with Gasteiger partial charge in [0.2, 0.25) is 0 Å². The summed E-state index contributed by atoms with van der Waals surface area (Å²) in [5, 5.41) is 9.36. The fraction of sp³-hybridized carbons (Fsp3) is 0.429. The number of hydrogen-bond donors (Lipinski definition) is 3. The van der Waals surface area contributed by atoms with E-state index in [1.54, 1.807) is 0 Å². The highest BCUT2D eigenvalue weighted by molar-refractivity contribution is 5.89. The average molecular weight is 354 g/mol. The smallest absolute Gasteiger partial charge is 0.319 e. The lowest BCUT2D eigenvalue weighted by Gasteiger charge is -2.27. The summed E-state index contributed by atoms with van der Waals surface area (Å²) in [6, 6.07) is 5.73. The molecule has 1 aromatic heterocycles. The second-order valence-corrected chi connectivity index (χ2v) is 7.77. The van der Waals surface area contributed by atoms with E-state index in [0.717, 1.165) is 34.6 Å². The van der Waals surface area contributed by atoms with Crippen LogP contribution in [0.4, 0.5) is 16.2 Å². The van der Waals surface area contributed by atoms with Crippen molar-refractivity contribution in [3.63, 3.8) is 0 Å². The number of aryl methyl sites for hydroxylation is 4. The van der Waals surface area contributed by atoms with Crippen LogP contribution in [0.1, 0.15) is 36.1 Å². The Labute approximate surface area is 156 Å². The first-order chi connectivity index (χ1) is 12.2. The minimum Gasteiger partial charge on any atom is -0.384 e. The number of carbonyl (C=O) groups is 1. The number of nitrogens with one attached hydrogen (secondary N) is 3. The third-order valence-electron chi connectivity index (χ3n) is 4.56. The summed E-state index contributed by atoms with van der Waals surface area (Å²) in [6.45, 7) is 13.8. The molecule has 0 aliphatic carbocycles. The van der Waals surface area contributed by atoms with Crippen LogP contribution in [0, 0.1) is 33.1 Å². The molecule has 0 saturated carbocycles. The van der Waals surface area contributed by atoms with E-state index in [2.05, 4.69) is 41.7 Å². The van der Waals surface area contributed by atoms with Crippen molar-refractivity contribution in [1.29, 1.82) is 0 Å². The Hall–Kier alpha value is -2.56. The number of carbonyl (C=O) groups excluding carboxylic acids is 1. The predicted octanol–water partition coefficient (Wildman–Crippen LogP) is 4.58. The minimum atomic E-state index is -0.183. The van der Waals surface area contributed by atoms with Crippen molar-refractivity contribution in [2.24, 2.45) is 5.41 Å². The third kappa shape index (κ3) is 5.48. The maximum absolute atomic E-state index is 12.2. The van der Waals surface area contributed by atoms with Crippen molar-refractivity contribution in [3.8, 4) is 0 Å². The molecule has 2 aromatic rings. The number of benzene rings is 1. The Morgan fingerprint density at radius 1 is 0.962 bits per heavy atom. The zero-order valence-electron chi connectivity index (χ0n) is 16.7. The monoisotopic (exact) mass is 354 g/mol. The first-order valence-corrected chi connectivity index (χ1v) is 8.95. The van der Waals surface area contributed by atoms with Gasteiger partial charge in [0.15, 0.2) is 0 Å². The first-order valence-electron chi connectivity index (χ1n) is 8.95. The molecule has 1 heterocycles. The summed E-state index contributed by atoms with van der Waals surface area (Å²) in [7, 11) is 0. The van der Waals surface area contributed by atoms with Crippen molar-refractivity contribution in [2.75, 3.05) is 23.7 Å². The Morgan fingerprint density at radius 3 is 2.23 bits per heavy atom. The van der Waals surface area contributed by atoms with Gasteiger partial charge >= 0.3 is 6.03 Å². The van der Waals surface area contributed by atoms with Gasteiger partial charge in [0, 0.05) is 36.9 Å². The van der Waals surface area contributed by atoms with Gasteiger partial charge in [-0.15, -0.1) is 0 Å². The summed E-state index contributed by atoms with van der Waals surface area (Å²) in [4.78, 5) is 16.4. The van der Waals surface area contributed by atoms with Gasteiger partial charge in [-0.3, -0.25) is 4.98 Å². The fourth-order valence-corrected chi connectivity index (χ4v) is 2.68. The maximum Gasteiger partial charge on any atom is 0.319 e. The summed E-state index contributed by atoms with van der Waals surface area (Å²) in [6.07, 6.45) is 3.72.